The zero-order valence-corrected chi connectivity index (χ0v) is 10.1. The van der Waals surface area contributed by atoms with Gasteiger partial charge in [0.25, 0.3) is 0 Å². The van der Waals surface area contributed by atoms with Crippen LogP contribution in [0.5, 0.6) is 0 Å². The van der Waals surface area contributed by atoms with Crippen LogP contribution in [0.3, 0.4) is 0 Å². The highest BCUT2D eigenvalue weighted by atomic mass is 127. The number of aliphatic hydroxyl groups excluding tert-OH is 1. The Labute approximate surface area is 96.2 Å². The van der Waals surface area contributed by atoms with E-state index in [0.717, 1.165) is 9.13 Å². The van der Waals surface area contributed by atoms with Crippen molar-refractivity contribution in [1.29, 1.82) is 0 Å². The molecule has 1 aromatic carbocycles. The van der Waals surface area contributed by atoms with Crippen LogP contribution in [0.2, 0.25) is 5.02 Å². The Bertz CT molecular complexity index is 314. The third-order valence-corrected chi connectivity index (χ3v) is 3.05. The highest BCUT2D eigenvalue weighted by molar-refractivity contribution is 14.1. The van der Waals surface area contributed by atoms with Crippen LogP contribution in [-0.4, -0.2) is 11.7 Å². The molecule has 0 aliphatic rings. The molecular weight excluding hydrogens is 300 g/mol. The van der Waals surface area contributed by atoms with Crippen LogP contribution in [0.25, 0.3) is 0 Å². The maximum atomic E-state index is 9.09. The largest absolute Gasteiger partial charge is 0.394 e. The lowest BCUT2D eigenvalue weighted by Crippen LogP contribution is -2.37. The van der Waals surface area contributed by atoms with E-state index in [1.54, 1.807) is 19.1 Å². The van der Waals surface area contributed by atoms with E-state index in [4.69, 9.17) is 22.4 Å². The first-order valence-electron chi connectivity index (χ1n) is 3.82. The number of benzene rings is 1. The predicted molar refractivity (Wildman–Crippen MR) is 62.8 cm³/mol. The van der Waals surface area contributed by atoms with E-state index in [2.05, 4.69) is 22.6 Å². The first-order valence-corrected chi connectivity index (χ1v) is 5.28. The van der Waals surface area contributed by atoms with Crippen molar-refractivity contribution < 1.29 is 5.11 Å². The van der Waals surface area contributed by atoms with Gasteiger partial charge in [-0.05, 0) is 53.3 Å². The Morgan fingerprint density at radius 2 is 2.23 bits per heavy atom. The second-order valence-electron chi connectivity index (χ2n) is 3.20. The molecule has 13 heavy (non-hydrogen) atoms. The topological polar surface area (TPSA) is 46.2 Å². The highest BCUT2D eigenvalue weighted by Gasteiger charge is 2.22. The molecule has 0 spiro atoms. The van der Waals surface area contributed by atoms with E-state index in [1.165, 1.54) is 0 Å². The van der Waals surface area contributed by atoms with Gasteiger partial charge in [-0.1, -0.05) is 11.6 Å². The summed E-state index contributed by atoms with van der Waals surface area (Å²) in [5.41, 5.74) is 6.05. The van der Waals surface area contributed by atoms with Crippen molar-refractivity contribution in [2.75, 3.05) is 6.61 Å². The molecule has 0 heterocycles. The van der Waals surface area contributed by atoms with Crippen LogP contribution in [0, 0.1) is 3.57 Å². The first-order chi connectivity index (χ1) is 5.97. The minimum Gasteiger partial charge on any atom is -0.394 e. The molecule has 1 aromatic rings. The van der Waals surface area contributed by atoms with E-state index in [-0.39, 0.29) is 6.61 Å². The molecule has 0 radical (unpaired) electrons. The minimum atomic E-state index is -0.721. The van der Waals surface area contributed by atoms with Gasteiger partial charge in [0.2, 0.25) is 0 Å². The lowest BCUT2D eigenvalue weighted by molar-refractivity contribution is 0.209. The summed E-state index contributed by atoms with van der Waals surface area (Å²) in [5, 5.41) is 9.73. The number of halogens is 2. The van der Waals surface area contributed by atoms with E-state index >= 15 is 0 Å². The van der Waals surface area contributed by atoms with Crippen molar-refractivity contribution in [3.8, 4) is 0 Å². The van der Waals surface area contributed by atoms with Crippen molar-refractivity contribution in [3.05, 3.63) is 32.4 Å². The highest BCUT2D eigenvalue weighted by Crippen LogP contribution is 2.26. The predicted octanol–water partition coefficient (Wildman–Crippen LogP) is 2.11. The fourth-order valence-electron chi connectivity index (χ4n) is 1.02. The average molecular weight is 312 g/mol. The molecule has 4 heteroatoms. The molecule has 0 fully saturated rings. The zero-order chi connectivity index (χ0) is 10.1. The van der Waals surface area contributed by atoms with Gasteiger partial charge in [-0.15, -0.1) is 0 Å². The summed E-state index contributed by atoms with van der Waals surface area (Å²) in [4.78, 5) is 0. The molecule has 72 valence electrons. The zero-order valence-electron chi connectivity index (χ0n) is 7.22. The van der Waals surface area contributed by atoms with Crippen LogP contribution in [0.1, 0.15) is 12.5 Å². The molecule has 0 aromatic heterocycles. The van der Waals surface area contributed by atoms with Crippen LogP contribution in [0.15, 0.2) is 18.2 Å². The summed E-state index contributed by atoms with van der Waals surface area (Å²) in [6.45, 7) is 1.68. The van der Waals surface area contributed by atoms with E-state index in [0.29, 0.717) is 5.02 Å². The molecule has 0 aliphatic carbocycles. The van der Waals surface area contributed by atoms with Gasteiger partial charge < -0.3 is 10.8 Å². The Morgan fingerprint density at radius 3 is 2.77 bits per heavy atom. The standard InChI is InChI=1S/C9H11ClINO/c1-9(12,5-13)7-4-6(10)2-3-8(7)11/h2-4,13H,5,12H2,1H3/t9-/m0/s1. The Balaban J connectivity index is 3.20. The van der Waals surface area contributed by atoms with Gasteiger partial charge in [0.1, 0.15) is 0 Å². The van der Waals surface area contributed by atoms with Gasteiger partial charge in [0.05, 0.1) is 12.1 Å². The van der Waals surface area contributed by atoms with E-state index in [1.807, 2.05) is 6.07 Å². The lowest BCUT2D eigenvalue weighted by atomic mass is 9.94. The molecular formula is C9H11ClINO. The SMILES string of the molecule is C[C@](N)(CO)c1cc(Cl)ccc1I. The van der Waals surface area contributed by atoms with Crippen molar-refractivity contribution in [3.63, 3.8) is 0 Å². The van der Waals surface area contributed by atoms with Crippen molar-refractivity contribution in [2.24, 2.45) is 5.73 Å². The van der Waals surface area contributed by atoms with E-state index in [9.17, 15) is 0 Å². The maximum absolute atomic E-state index is 9.09. The molecule has 0 bridgehead atoms. The number of rotatable bonds is 2. The maximum Gasteiger partial charge on any atom is 0.0650 e. The van der Waals surface area contributed by atoms with Gasteiger partial charge in [0.15, 0.2) is 0 Å². The molecule has 3 N–H and O–H groups in total. The summed E-state index contributed by atoms with van der Waals surface area (Å²) in [7, 11) is 0. The second kappa shape index (κ2) is 4.13. The Hall–Kier alpha value is 0.160. The average Bonchev–Trinajstić information content (AvgIpc) is 2.09. The summed E-state index contributed by atoms with van der Waals surface area (Å²) in [5.74, 6) is 0. The fraction of sp³-hybridized carbons (Fsp3) is 0.333. The molecule has 0 aliphatic heterocycles. The molecule has 2 nitrogen and oxygen atoms in total. The number of hydrogen-bond acceptors (Lipinski definition) is 2. The molecule has 0 saturated heterocycles. The second-order valence-corrected chi connectivity index (χ2v) is 4.80. The minimum absolute atomic E-state index is 0.0939. The number of hydrogen-bond donors (Lipinski definition) is 2. The quantitative estimate of drug-likeness (QED) is 0.822. The Kier molecular flexibility index (Phi) is 3.57. The summed E-state index contributed by atoms with van der Waals surface area (Å²) >= 11 is 8.02. The molecule has 0 unspecified atom stereocenters. The number of aliphatic hydroxyl groups is 1. The summed E-state index contributed by atoms with van der Waals surface area (Å²) in [6, 6.07) is 5.48. The van der Waals surface area contributed by atoms with Crippen molar-refractivity contribution in [2.45, 2.75) is 12.5 Å². The van der Waals surface area contributed by atoms with Crippen molar-refractivity contribution in [1.82, 2.24) is 0 Å². The van der Waals surface area contributed by atoms with Gasteiger partial charge in [-0.2, -0.15) is 0 Å². The van der Waals surface area contributed by atoms with Gasteiger partial charge in [-0.25, -0.2) is 0 Å². The van der Waals surface area contributed by atoms with Crippen LogP contribution in [0.4, 0.5) is 0 Å². The molecule has 1 atom stereocenters. The van der Waals surface area contributed by atoms with Gasteiger partial charge in [-0.3, -0.25) is 0 Å². The molecule has 0 saturated carbocycles. The fourth-order valence-corrected chi connectivity index (χ4v) is 2.14. The molecule has 1 rings (SSSR count). The van der Waals surface area contributed by atoms with Crippen LogP contribution < -0.4 is 5.73 Å². The van der Waals surface area contributed by atoms with Gasteiger partial charge >= 0.3 is 0 Å². The third-order valence-electron chi connectivity index (χ3n) is 1.87. The third kappa shape index (κ3) is 2.56. The van der Waals surface area contributed by atoms with Crippen LogP contribution in [-0.2, 0) is 5.54 Å². The summed E-state index contributed by atoms with van der Waals surface area (Å²) in [6.07, 6.45) is 0. The Morgan fingerprint density at radius 1 is 1.62 bits per heavy atom. The molecule has 0 amide bonds. The van der Waals surface area contributed by atoms with Gasteiger partial charge in [0, 0.05) is 8.59 Å². The first kappa shape index (κ1) is 11.2. The monoisotopic (exact) mass is 311 g/mol. The lowest BCUT2D eigenvalue weighted by Gasteiger charge is -2.23. The van der Waals surface area contributed by atoms with Crippen molar-refractivity contribution >= 4 is 34.2 Å². The normalized spacial score (nSPS) is 15.5. The smallest absolute Gasteiger partial charge is 0.0650 e. The summed E-state index contributed by atoms with van der Waals surface area (Å²) < 4.78 is 1.01. The van der Waals surface area contributed by atoms with Crippen LogP contribution >= 0.6 is 34.2 Å². The van der Waals surface area contributed by atoms with E-state index < -0.39 is 5.54 Å². The number of nitrogens with two attached hydrogens (primary N) is 1.